The third kappa shape index (κ3) is 9.21. The molecule has 0 radical (unpaired) electrons. The van der Waals surface area contributed by atoms with E-state index in [1.807, 2.05) is 6.92 Å². The highest BCUT2D eigenvalue weighted by Crippen LogP contribution is 2.11. The average Bonchev–Trinajstić information content (AvgIpc) is 2.21. The summed E-state index contributed by atoms with van der Waals surface area (Å²) in [6.07, 6.45) is 2.22. The van der Waals surface area contributed by atoms with Crippen molar-refractivity contribution in [3.05, 3.63) is 0 Å². The molecular formula is C15H29NO. The van der Waals surface area contributed by atoms with Crippen LogP contribution in [0.15, 0.2) is 0 Å². The van der Waals surface area contributed by atoms with Crippen LogP contribution in [0.25, 0.3) is 0 Å². The topological polar surface area (TPSA) is 21.3 Å². The first-order valence-electron chi connectivity index (χ1n) is 6.75. The molecule has 0 aromatic heterocycles. The van der Waals surface area contributed by atoms with Crippen LogP contribution in [0.3, 0.4) is 0 Å². The molecule has 0 bridgehead atoms. The van der Waals surface area contributed by atoms with Gasteiger partial charge >= 0.3 is 0 Å². The van der Waals surface area contributed by atoms with Crippen molar-refractivity contribution in [2.45, 2.75) is 66.5 Å². The van der Waals surface area contributed by atoms with Crippen LogP contribution < -0.4 is 5.32 Å². The molecule has 0 saturated carbocycles. The van der Waals surface area contributed by atoms with Crippen molar-refractivity contribution in [3.8, 4) is 11.8 Å². The van der Waals surface area contributed by atoms with E-state index in [2.05, 4.69) is 51.8 Å². The van der Waals surface area contributed by atoms with Crippen LogP contribution >= 0.6 is 0 Å². The summed E-state index contributed by atoms with van der Waals surface area (Å²) in [5.41, 5.74) is 0.0875. The fourth-order valence-corrected chi connectivity index (χ4v) is 1.54. The number of hydrogen-bond acceptors (Lipinski definition) is 2. The first-order chi connectivity index (χ1) is 7.90. The van der Waals surface area contributed by atoms with Crippen LogP contribution in [0, 0.1) is 17.3 Å². The summed E-state index contributed by atoms with van der Waals surface area (Å²) in [5.74, 6) is 6.56. The Morgan fingerprint density at radius 3 is 2.35 bits per heavy atom. The zero-order valence-corrected chi connectivity index (χ0v) is 12.4. The summed E-state index contributed by atoms with van der Waals surface area (Å²) < 4.78 is 5.65. The van der Waals surface area contributed by atoms with Crippen molar-refractivity contribution < 1.29 is 4.74 Å². The standard InChI is InChI=1S/C15H29NO/c1-7-12-16-14(13(3)17-8-2)10-9-11-15(4,5)6/h13-14,16H,7-8,10,12H2,1-6H3. The van der Waals surface area contributed by atoms with E-state index >= 15 is 0 Å². The molecule has 2 heteroatoms. The van der Waals surface area contributed by atoms with E-state index in [1.54, 1.807) is 0 Å². The second-order valence-corrected chi connectivity index (χ2v) is 5.48. The lowest BCUT2D eigenvalue weighted by Crippen LogP contribution is -2.40. The van der Waals surface area contributed by atoms with Crippen molar-refractivity contribution in [2.75, 3.05) is 13.2 Å². The Kier molecular flexibility index (Phi) is 8.29. The molecule has 0 saturated heterocycles. The fraction of sp³-hybridized carbons (Fsp3) is 0.867. The first-order valence-corrected chi connectivity index (χ1v) is 6.75. The monoisotopic (exact) mass is 239 g/mol. The smallest absolute Gasteiger partial charge is 0.0709 e. The predicted octanol–water partition coefficient (Wildman–Crippen LogP) is 3.22. The lowest BCUT2D eigenvalue weighted by Gasteiger charge is -2.23. The van der Waals surface area contributed by atoms with Gasteiger partial charge in [0.25, 0.3) is 0 Å². The molecule has 0 aliphatic heterocycles. The maximum absolute atomic E-state index is 5.65. The second-order valence-electron chi connectivity index (χ2n) is 5.48. The summed E-state index contributed by atoms with van der Waals surface area (Å²) in [7, 11) is 0. The van der Waals surface area contributed by atoms with Gasteiger partial charge in [-0.2, -0.15) is 0 Å². The molecule has 2 atom stereocenters. The van der Waals surface area contributed by atoms with Crippen LogP contribution in [0.5, 0.6) is 0 Å². The minimum absolute atomic E-state index is 0.0875. The van der Waals surface area contributed by atoms with E-state index < -0.39 is 0 Å². The Morgan fingerprint density at radius 2 is 1.88 bits per heavy atom. The molecule has 100 valence electrons. The summed E-state index contributed by atoms with van der Waals surface area (Å²) in [6.45, 7) is 14.5. The number of rotatable bonds is 7. The van der Waals surface area contributed by atoms with E-state index in [1.165, 1.54) is 0 Å². The van der Waals surface area contributed by atoms with Gasteiger partial charge in [-0.3, -0.25) is 0 Å². The Labute approximate surface area is 108 Å². The molecule has 0 aliphatic carbocycles. The molecule has 2 nitrogen and oxygen atoms in total. The van der Waals surface area contributed by atoms with Gasteiger partial charge in [0.15, 0.2) is 0 Å². The molecule has 17 heavy (non-hydrogen) atoms. The third-order valence-electron chi connectivity index (χ3n) is 2.44. The van der Waals surface area contributed by atoms with Gasteiger partial charge in [0, 0.05) is 24.5 Å². The summed E-state index contributed by atoms with van der Waals surface area (Å²) in [6, 6.07) is 0.338. The minimum atomic E-state index is 0.0875. The van der Waals surface area contributed by atoms with Gasteiger partial charge in [-0.05, 0) is 47.6 Å². The Hall–Kier alpha value is -0.520. The highest BCUT2D eigenvalue weighted by molar-refractivity contribution is 5.09. The van der Waals surface area contributed by atoms with E-state index in [9.17, 15) is 0 Å². The number of hydrogen-bond donors (Lipinski definition) is 1. The molecule has 0 spiro atoms. The summed E-state index contributed by atoms with van der Waals surface area (Å²) in [5, 5.41) is 3.51. The molecule has 0 aromatic rings. The minimum Gasteiger partial charge on any atom is -0.377 e. The van der Waals surface area contributed by atoms with E-state index in [0.29, 0.717) is 6.04 Å². The van der Waals surface area contributed by atoms with Crippen molar-refractivity contribution >= 4 is 0 Å². The Morgan fingerprint density at radius 1 is 1.24 bits per heavy atom. The zero-order valence-electron chi connectivity index (χ0n) is 12.4. The maximum atomic E-state index is 5.65. The molecule has 0 aliphatic rings. The summed E-state index contributed by atoms with van der Waals surface area (Å²) in [4.78, 5) is 0. The highest BCUT2D eigenvalue weighted by Gasteiger charge is 2.15. The SMILES string of the molecule is CCCNC(CC#CC(C)(C)C)C(C)OCC. The molecular weight excluding hydrogens is 210 g/mol. The van der Waals surface area contributed by atoms with Gasteiger partial charge in [0.1, 0.15) is 0 Å². The molecule has 0 heterocycles. The number of ether oxygens (including phenoxy) is 1. The predicted molar refractivity (Wildman–Crippen MR) is 75.0 cm³/mol. The second kappa shape index (κ2) is 8.55. The van der Waals surface area contributed by atoms with Crippen LogP contribution in [-0.4, -0.2) is 25.3 Å². The quantitative estimate of drug-likeness (QED) is 0.689. The molecule has 0 aromatic carbocycles. The highest BCUT2D eigenvalue weighted by atomic mass is 16.5. The molecule has 0 rings (SSSR count). The van der Waals surface area contributed by atoms with E-state index in [4.69, 9.17) is 4.74 Å². The molecule has 0 amide bonds. The third-order valence-corrected chi connectivity index (χ3v) is 2.44. The van der Waals surface area contributed by atoms with Gasteiger partial charge < -0.3 is 10.1 Å². The molecule has 0 fully saturated rings. The Balaban J connectivity index is 4.31. The zero-order chi connectivity index (χ0) is 13.3. The lowest BCUT2D eigenvalue weighted by atomic mass is 9.97. The van der Waals surface area contributed by atoms with Gasteiger partial charge in [-0.15, -0.1) is 5.92 Å². The van der Waals surface area contributed by atoms with Gasteiger partial charge in [0.05, 0.1) is 6.10 Å². The largest absolute Gasteiger partial charge is 0.377 e. The average molecular weight is 239 g/mol. The first kappa shape index (κ1) is 16.5. The van der Waals surface area contributed by atoms with E-state index in [0.717, 1.165) is 26.0 Å². The number of nitrogens with one attached hydrogen (secondary N) is 1. The van der Waals surface area contributed by atoms with Crippen molar-refractivity contribution in [1.82, 2.24) is 5.32 Å². The van der Waals surface area contributed by atoms with Gasteiger partial charge in [0.2, 0.25) is 0 Å². The van der Waals surface area contributed by atoms with Crippen molar-refractivity contribution in [1.29, 1.82) is 0 Å². The van der Waals surface area contributed by atoms with Crippen LogP contribution in [0.1, 0.15) is 54.4 Å². The fourth-order valence-electron chi connectivity index (χ4n) is 1.54. The van der Waals surface area contributed by atoms with Gasteiger partial charge in [-0.25, -0.2) is 0 Å². The van der Waals surface area contributed by atoms with E-state index in [-0.39, 0.29) is 11.5 Å². The van der Waals surface area contributed by atoms with Crippen molar-refractivity contribution in [2.24, 2.45) is 5.41 Å². The Bertz CT molecular complexity index is 244. The lowest BCUT2D eigenvalue weighted by molar-refractivity contribution is 0.0489. The van der Waals surface area contributed by atoms with Crippen molar-refractivity contribution in [3.63, 3.8) is 0 Å². The molecule has 1 N–H and O–H groups in total. The summed E-state index contributed by atoms with van der Waals surface area (Å²) >= 11 is 0. The normalized spacial score (nSPS) is 14.9. The maximum Gasteiger partial charge on any atom is 0.0709 e. The van der Waals surface area contributed by atoms with Crippen LogP contribution in [-0.2, 0) is 4.74 Å². The van der Waals surface area contributed by atoms with Crippen LogP contribution in [0.4, 0.5) is 0 Å². The molecule has 2 unspecified atom stereocenters. The van der Waals surface area contributed by atoms with Crippen LogP contribution in [0.2, 0.25) is 0 Å². The van der Waals surface area contributed by atoms with Gasteiger partial charge in [-0.1, -0.05) is 12.8 Å².